The number of carbonyl (C=O) groups excluding carboxylic acids is 3. The summed E-state index contributed by atoms with van der Waals surface area (Å²) in [6.07, 6.45) is 1.52. The van der Waals surface area contributed by atoms with Crippen molar-refractivity contribution in [3.63, 3.8) is 0 Å². The third-order valence-corrected chi connectivity index (χ3v) is 3.21. The SMILES string of the molecule is C=CCNC(=O)COC(=O)c1ccccc1NC(=O)c1ccccc1. The molecule has 6 nitrogen and oxygen atoms in total. The van der Waals surface area contributed by atoms with Gasteiger partial charge >= 0.3 is 5.97 Å². The highest BCUT2D eigenvalue weighted by Gasteiger charge is 2.16. The zero-order chi connectivity index (χ0) is 18.1. The third-order valence-electron chi connectivity index (χ3n) is 3.21. The number of anilines is 1. The smallest absolute Gasteiger partial charge is 0.340 e. The zero-order valence-electron chi connectivity index (χ0n) is 13.5. The summed E-state index contributed by atoms with van der Waals surface area (Å²) in [5.41, 5.74) is 0.950. The minimum absolute atomic E-state index is 0.170. The number of hydrogen-bond acceptors (Lipinski definition) is 4. The van der Waals surface area contributed by atoms with E-state index < -0.39 is 18.5 Å². The molecule has 0 aliphatic carbocycles. The van der Waals surface area contributed by atoms with Gasteiger partial charge in [0, 0.05) is 12.1 Å². The van der Waals surface area contributed by atoms with Crippen molar-refractivity contribution < 1.29 is 19.1 Å². The monoisotopic (exact) mass is 338 g/mol. The van der Waals surface area contributed by atoms with E-state index in [1.807, 2.05) is 0 Å². The summed E-state index contributed by atoms with van der Waals surface area (Å²) >= 11 is 0. The van der Waals surface area contributed by atoms with E-state index in [0.717, 1.165) is 0 Å². The molecule has 2 amide bonds. The first-order valence-electron chi connectivity index (χ1n) is 7.62. The molecule has 0 bridgehead atoms. The van der Waals surface area contributed by atoms with Crippen LogP contribution in [-0.4, -0.2) is 30.9 Å². The average molecular weight is 338 g/mol. The first kappa shape index (κ1) is 17.9. The van der Waals surface area contributed by atoms with Crippen LogP contribution >= 0.6 is 0 Å². The molecule has 0 aliphatic heterocycles. The molecule has 0 fully saturated rings. The highest BCUT2D eigenvalue weighted by Crippen LogP contribution is 2.17. The number of amides is 2. The fourth-order valence-corrected chi connectivity index (χ4v) is 2.00. The maximum Gasteiger partial charge on any atom is 0.340 e. The summed E-state index contributed by atoms with van der Waals surface area (Å²) in [6.45, 7) is 3.36. The number of rotatable bonds is 7. The van der Waals surface area contributed by atoms with Crippen molar-refractivity contribution in [2.24, 2.45) is 0 Å². The Bertz CT molecular complexity index is 772. The average Bonchev–Trinajstić information content (AvgIpc) is 2.65. The van der Waals surface area contributed by atoms with Gasteiger partial charge in [-0.3, -0.25) is 9.59 Å². The Labute approximate surface area is 145 Å². The molecule has 2 N–H and O–H groups in total. The van der Waals surface area contributed by atoms with E-state index in [0.29, 0.717) is 17.8 Å². The maximum absolute atomic E-state index is 12.2. The van der Waals surface area contributed by atoms with E-state index in [9.17, 15) is 14.4 Å². The molecule has 2 aromatic carbocycles. The second-order valence-electron chi connectivity index (χ2n) is 5.03. The molecule has 2 aromatic rings. The number of hydrogen-bond donors (Lipinski definition) is 2. The quantitative estimate of drug-likeness (QED) is 0.600. The molecule has 0 aliphatic rings. The summed E-state index contributed by atoms with van der Waals surface area (Å²) in [4.78, 5) is 35.9. The molecular weight excluding hydrogens is 320 g/mol. The number of benzene rings is 2. The van der Waals surface area contributed by atoms with Gasteiger partial charge in [0.25, 0.3) is 11.8 Å². The van der Waals surface area contributed by atoms with Gasteiger partial charge in [-0.2, -0.15) is 0 Å². The summed E-state index contributed by atoms with van der Waals surface area (Å²) in [5.74, 6) is -1.47. The second-order valence-corrected chi connectivity index (χ2v) is 5.03. The molecule has 0 radical (unpaired) electrons. The zero-order valence-corrected chi connectivity index (χ0v) is 13.5. The predicted octanol–water partition coefficient (Wildman–Crippen LogP) is 2.40. The lowest BCUT2D eigenvalue weighted by atomic mass is 10.1. The Morgan fingerprint density at radius 2 is 1.68 bits per heavy atom. The molecular formula is C19H18N2O4. The maximum atomic E-state index is 12.2. The standard InChI is InChI=1S/C19H18N2O4/c1-2-12-20-17(22)13-25-19(24)15-10-6-7-11-16(15)21-18(23)14-8-4-3-5-9-14/h2-11H,1,12-13H2,(H,20,22)(H,21,23). The Kier molecular flexibility index (Phi) is 6.47. The molecule has 0 unspecified atom stereocenters. The van der Waals surface area contributed by atoms with E-state index in [2.05, 4.69) is 17.2 Å². The van der Waals surface area contributed by atoms with E-state index in [-0.39, 0.29) is 11.5 Å². The van der Waals surface area contributed by atoms with Gasteiger partial charge in [-0.05, 0) is 24.3 Å². The molecule has 2 rings (SSSR count). The first-order valence-corrected chi connectivity index (χ1v) is 7.62. The highest BCUT2D eigenvalue weighted by atomic mass is 16.5. The lowest BCUT2D eigenvalue weighted by Crippen LogP contribution is -2.29. The summed E-state index contributed by atoms with van der Waals surface area (Å²) in [6, 6.07) is 15.1. The first-order chi connectivity index (χ1) is 12.1. The van der Waals surface area contributed by atoms with Crippen LogP contribution in [-0.2, 0) is 9.53 Å². The van der Waals surface area contributed by atoms with Crippen molar-refractivity contribution in [3.05, 3.63) is 78.4 Å². The van der Waals surface area contributed by atoms with Crippen LogP contribution in [0.25, 0.3) is 0 Å². The van der Waals surface area contributed by atoms with Crippen LogP contribution < -0.4 is 10.6 Å². The number of para-hydroxylation sites is 1. The van der Waals surface area contributed by atoms with Gasteiger partial charge in [-0.25, -0.2) is 4.79 Å². The minimum Gasteiger partial charge on any atom is -0.452 e. The van der Waals surface area contributed by atoms with Crippen molar-refractivity contribution in [1.82, 2.24) is 5.32 Å². The van der Waals surface area contributed by atoms with Crippen LogP contribution in [0.5, 0.6) is 0 Å². The van der Waals surface area contributed by atoms with E-state index in [1.165, 1.54) is 12.1 Å². The van der Waals surface area contributed by atoms with Crippen LogP contribution in [0.15, 0.2) is 67.3 Å². The topological polar surface area (TPSA) is 84.5 Å². The Morgan fingerprint density at radius 1 is 1.00 bits per heavy atom. The van der Waals surface area contributed by atoms with E-state index in [1.54, 1.807) is 48.5 Å². The number of carbonyl (C=O) groups is 3. The van der Waals surface area contributed by atoms with Gasteiger partial charge in [0.05, 0.1) is 11.3 Å². The molecule has 0 saturated heterocycles. The summed E-state index contributed by atoms with van der Waals surface area (Å²) in [7, 11) is 0. The van der Waals surface area contributed by atoms with Crippen LogP contribution in [0.1, 0.15) is 20.7 Å². The van der Waals surface area contributed by atoms with Crippen molar-refractivity contribution in [2.45, 2.75) is 0 Å². The van der Waals surface area contributed by atoms with Crippen LogP contribution in [0.3, 0.4) is 0 Å². The van der Waals surface area contributed by atoms with Gasteiger partial charge < -0.3 is 15.4 Å². The van der Waals surface area contributed by atoms with Gasteiger partial charge in [0.15, 0.2) is 6.61 Å². The van der Waals surface area contributed by atoms with Gasteiger partial charge in [0.1, 0.15) is 0 Å². The molecule has 25 heavy (non-hydrogen) atoms. The molecule has 0 aromatic heterocycles. The van der Waals surface area contributed by atoms with E-state index >= 15 is 0 Å². The summed E-state index contributed by atoms with van der Waals surface area (Å²) in [5, 5.41) is 5.18. The number of esters is 1. The fraction of sp³-hybridized carbons (Fsp3) is 0.105. The molecule has 0 atom stereocenters. The van der Waals surface area contributed by atoms with Crippen LogP contribution in [0.4, 0.5) is 5.69 Å². The largest absolute Gasteiger partial charge is 0.452 e. The third kappa shape index (κ3) is 5.31. The molecule has 0 spiro atoms. The molecule has 128 valence electrons. The minimum atomic E-state index is -0.697. The fourth-order valence-electron chi connectivity index (χ4n) is 2.00. The van der Waals surface area contributed by atoms with Gasteiger partial charge in [0.2, 0.25) is 0 Å². The van der Waals surface area contributed by atoms with Crippen molar-refractivity contribution in [1.29, 1.82) is 0 Å². The predicted molar refractivity (Wildman–Crippen MR) is 94.3 cm³/mol. The highest BCUT2D eigenvalue weighted by molar-refractivity contribution is 6.08. The molecule has 6 heteroatoms. The van der Waals surface area contributed by atoms with Gasteiger partial charge in [-0.15, -0.1) is 6.58 Å². The normalized spacial score (nSPS) is 9.76. The molecule has 0 saturated carbocycles. The lowest BCUT2D eigenvalue weighted by molar-refractivity contribution is -0.124. The Balaban J connectivity index is 2.04. The van der Waals surface area contributed by atoms with Crippen molar-refractivity contribution in [3.8, 4) is 0 Å². The van der Waals surface area contributed by atoms with Crippen molar-refractivity contribution >= 4 is 23.5 Å². The number of ether oxygens (including phenoxy) is 1. The Morgan fingerprint density at radius 3 is 2.40 bits per heavy atom. The number of nitrogens with one attached hydrogen (secondary N) is 2. The second kappa shape index (κ2) is 9.02. The van der Waals surface area contributed by atoms with Crippen LogP contribution in [0, 0.1) is 0 Å². The van der Waals surface area contributed by atoms with Gasteiger partial charge in [-0.1, -0.05) is 36.4 Å². The Hall–Kier alpha value is -3.41. The van der Waals surface area contributed by atoms with Crippen LogP contribution in [0.2, 0.25) is 0 Å². The lowest BCUT2D eigenvalue weighted by Gasteiger charge is -2.11. The molecule has 0 heterocycles. The van der Waals surface area contributed by atoms with E-state index in [4.69, 9.17) is 4.74 Å². The summed E-state index contributed by atoms with van der Waals surface area (Å²) < 4.78 is 4.98. The van der Waals surface area contributed by atoms with Crippen molar-refractivity contribution in [2.75, 3.05) is 18.5 Å².